The molecule has 8 heterocycles. The summed E-state index contributed by atoms with van der Waals surface area (Å²) >= 11 is 0. The lowest BCUT2D eigenvalue weighted by molar-refractivity contribution is -0.860. The van der Waals surface area contributed by atoms with E-state index in [1.165, 1.54) is 130 Å². The van der Waals surface area contributed by atoms with Crippen LogP contribution in [0.4, 0.5) is 22.7 Å². The average molecular weight is 2130 g/mol. The molecule has 144 heavy (non-hydrogen) atoms. The number of rotatable bonds is 21. The van der Waals surface area contributed by atoms with Gasteiger partial charge in [-0.3, -0.25) is 33.6 Å². The van der Waals surface area contributed by atoms with Crippen molar-refractivity contribution in [2.75, 3.05) is 76.0 Å². The van der Waals surface area contributed by atoms with E-state index in [1.54, 1.807) is 96.1 Å². The van der Waals surface area contributed by atoms with Crippen LogP contribution in [0.1, 0.15) is 62.5 Å². The molecule has 0 saturated heterocycles. The van der Waals surface area contributed by atoms with Gasteiger partial charge in [0.25, 0.3) is 44.8 Å². The summed E-state index contributed by atoms with van der Waals surface area (Å²) in [5, 5.41) is 30.9. The molecule has 0 fully saturated rings. The van der Waals surface area contributed by atoms with Crippen LogP contribution in [0.3, 0.4) is 0 Å². The SMILES string of the molecule is CC1=NN(c2ccccc2S(=O)(=O)O)C(=O)C1.CC[n+]1ccc(-c2cccc(S(C)(=O)=O)c2)o1.CS(=O)(=O)c1ccc(N2CC(C(=O)O)=CC2=O)cc1.CS(=O)(=O)c1ccc(N2N=C(N)CC2=O)cc1.CS(=O)(=O)c1cccc(N2N=C(N)CC2=O)c1.Cc1cc(=O)n(-c2cccc(S(C)(=O)=O)c2)[nH]1.Cc1cc(C)n(-c2ccc(S(C)(=O)=O)cc2)n1.Cc1oc2ccc(-c3ccccc3)cc2[n+]1CCCS(C)(=O)=O. The summed E-state index contributed by atoms with van der Waals surface area (Å²) in [7, 11) is -26.7. The molecule has 0 radical (unpaired) electrons. The number of nitrogens with one attached hydrogen (secondary N) is 1. The number of hydrogen-bond donors (Lipinski definition) is 5. The first-order valence-corrected chi connectivity index (χ1v) is 57.8. The minimum absolute atomic E-state index is 0.0113. The van der Waals surface area contributed by atoms with E-state index in [0.29, 0.717) is 57.0 Å². The lowest BCUT2D eigenvalue weighted by Gasteiger charge is -2.16. The molecule has 0 spiro atoms. The number of nitrogens with two attached hydrogens (primary N) is 2. The molecule has 760 valence electrons. The second kappa shape index (κ2) is 46.0. The highest BCUT2D eigenvalue weighted by molar-refractivity contribution is 7.92. The lowest BCUT2D eigenvalue weighted by atomic mass is 10.1. The molecular weight excluding hydrogens is 2020 g/mol. The molecule has 7 N–H and O–H groups in total. The Morgan fingerprint density at radius 2 is 0.951 bits per heavy atom. The molecule has 4 aromatic heterocycles. The predicted molar refractivity (Wildman–Crippen MR) is 540 cm³/mol. The zero-order chi connectivity index (χ0) is 106. The highest BCUT2D eigenvalue weighted by Crippen LogP contribution is 2.32. The normalized spacial score (nSPS) is 13.8. The maximum Gasteiger partial charge on any atom is 0.344 e. The Morgan fingerprint density at radius 3 is 1.40 bits per heavy atom. The van der Waals surface area contributed by atoms with Crippen LogP contribution in [0, 0.1) is 27.7 Å². The van der Waals surface area contributed by atoms with E-state index in [2.05, 4.69) is 43.7 Å². The Balaban J connectivity index is 0.000000169. The van der Waals surface area contributed by atoms with E-state index in [9.17, 15) is 96.1 Å². The number of amides is 4. The van der Waals surface area contributed by atoms with Gasteiger partial charge in [0.15, 0.2) is 72.1 Å². The number of nitrogens with zero attached hydrogens (tertiary/aromatic N) is 12. The van der Waals surface area contributed by atoms with Gasteiger partial charge in [0.1, 0.15) is 26.4 Å². The highest BCUT2D eigenvalue weighted by atomic mass is 32.2. The number of hydrazone groups is 3. The summed E-state index contributed by atoms with van der Waals surface area (Å²) in [6.07, 6.45) is 11.9. The first kappa shape index (κ1) is 111. The van der Waals surface area contributed by atoms with Crippen LogP contribution >= 0.6 is 0 Å². The standard InChI is InChI=1S/C18H20NO3S.C12H14N2O2S.C12H11NO5S.C12H14NO3S.C11H12N2O3S.2C10H11N3O3S.C10H10N2O4S/c1-14-19(11-6-12-23(2,20)21)17-13-16(9-10-18(17)22-14)15-7-4-3-5-8-15;1-9-8-10(2)14(13-9)11-4-6-12(7-5-11)17(3,15)16;1-19(17,18)10-4-2-9(3-5-10)13-7-8(12(15)16)6-11(13)14;1-3-13-8-7-12(16-13)10-5-4-6-11(9-10)17(2,14)15;1-8-6-11(14)13(12-8)9-4-3-5-10(7-9)17(2,15)16;1-17(15,16)8-4-2-7(3-5-8)13-10(14)6-9(11)12-13;1-17(15,16)8-4-2-3-7(5-8)13-10(14)6-9(11)12-13;1-7-6-10(13)12(11-7)8-4-2-3-5-9(8)17(14,15)16/h3-5,7-10,13H,6,11-12H2,1-2H3;4-8H,1-3H3;2-6H,7H2,1H3,(H,15,16);4-9H,3H2,1-2H3;3-7,12H,1-2H3;2*2-5H,6H2,1H3,(H2,11,12);2-5H,6H2,1H3,(H,14,15,16)/q+1;;;+1;;;;. The second-order valence-corrected chi connectivity index (χ2v) is 48.6. The number of anilines is 4. The molecular formula is C95H103N15O26S8+2. The van der Waals surface area contributed by atoms with Crippen LogP contribution in [0.15, 0.2) is 318 Å². The largest absolute Gasteiger partial charge is 0.478 e. The van der Waals surface area contributed by atoms with Gasteiger partial charge < -0.3 is 25.9 Å². The Morgan fingerprint density at radius 1 is 0.472 bits per heavy atom. The molecule has 9 aromatic carbocycles. The number of carboxylic acids is 1. The molecule has 0 atom stereocenters. The minimum atomic E-state index is -4.37. The maximum absolute atomic E-state index is 11.6. The minimum Gasteiger partial charge on any atom is -0.478 e. The van der Waals surface area contributed by atoms with Crippen molar-refractivity contribution in [1.29, 1.82) is 0 Å². The van der Waals surface area contributed by atoms with Crippen LogP contribution in [-0.2, 0) is 116 Å². The zero-order valence-corrected chi connectivity index (χ0v) is 86.3. The highest BCUT2D eigenvalue weighted by Gasteiger charge is 2.32. The van der Waals surface area contributed by atoms with Crippen molar-refractivity contribution in [2.24, 2.45) is 26.8 Å². The van der Waals surface area contributed by atoms with Crippen molar-refractivity contribution >= 4 is 160 Å². The fourth-order valence-electron chi connectivity index (χ4n) is 13.9. The van der Waals surface area contributed by atoms with Crippen molar-refractivity contribution in [2.45, 2.75) is 115 Å². The van der Waals surface area contributed by atoms with E-state index in [0.717, 1.165) is 104 Å². The van der Waals surface area contributed by atoms with E-state index < -0.39 is 90.9 Å². The molecule has 49 heteroatoms. The second-order valence-electron chi connectivity index (χ2n) is 32.9. The van der Waals surface area contributed by atoms with E-state index in [4.69, 9.17) is 30.1 Å². The number of carboxylic acid groups (broad SMARTS) is 1. The number of carbonyl (C=O) groups excluding carboxylic acids is 4. The molecule has 41 nitrogen and oxygen atoms in total. The Hall–Kier alpha value is -14.9. The third-order valence-corrected chi connectivity index (χ3v) is 29.5. The van der Waals surface area contributed by atoms with Gasteiger partial charge in [0.2, 0.25) is 17.5 Å². The summed E-state index contributed by atoms with van der Waals surface area (Å²) in [5.74, 6) is -0.266. The number of aliphatic carboxylic acids is 1. The monoisotopic (exact) mass is 2130 g/mol. The molecule has 4 amide bonds. The van der Waals surface area contributed by atoms with Crippen LogP contribution in [0.25, 0.3) is 44.9 Å². The summed E-state index contributed by atoms with van der Waals surface area (Å²) < 4.78 is 208. The van der Waals surface area contributed by atoms with Gasteiger partial charge in [-0.1, -0.05) is 72.8 Å². The number of para-hydroxylation sites is 1. The molecule has 4 aliphatic heterocycles. The molecule has 13 aromatic rings. The van der Waals surface area contributed by atoms with Gasteiger partial charge >= 0.3 is 11.9 Å². The van der Waals surface area contributed by atoms with Gasteiger partial charge in [0, 0.05) is 96.8 Å². The number of benzene rings is 9. The van der Waals surface area contributed by atoms with Crippen molar-refractivity contribution in [1.82, 2.24) is 19.6 Å². The number of aromatic amines is 1. The summed E-state index contributed by atoms with van der Waals surface area (Å²) in [6.45, 7) is 12.6. The number of aromatic nitrogens is 6. The van der Waals surface area contributed by atoms with Crippen LogP contribution in [-0.4, -0.2) is 200 Å². The van der Waals surface area contributed by atoms with Gasteiger partial charge in [-0.05, 0) is 196 Å². The number of carbonyl (C=O) groups is 5. The fourth-order valence-corrected chi connectivity index (χ4v) is 19.1. The van der Waals surface area contributed by atoms with Crippen LogP contribution in [0.2, 0.25) is 0 Å². The quantitative estimate of drug-likeness (QED) is 0.0330. The Bertz CT molecular complexity index is 8270. The number of aryl methyl sites for hydroxylation is 6. The first-order chi connectivity index (χ1) is 67.1. The molecule has 0 unspecified atom stereocenters. The van der Waals surface area contributed by atoms with E-state index in [-0.39, 0.29) is 102 Å². The van der Waals surface area contributed by atoms with Gasteiger partial charge in [-0.25, -0.2) is 77.6 Å². The topological polar surface area (TPSA) is 591 Å². The van der Waals surface area contributed by atoms with Crippen LogP contribution in [0.5, 0.6) is 0 Å². The average Bonchev–Trinajstić information content (AvgIpc) is 1.59. The summed E-state index contributed by atoms with van der Waals surface area (Å²) in [6, 6.07) is 64.6. The third-order valence-electron chi connectivity index (χ3n) is 20.9. The molecule has 17 rings (SSSR count). The molecule has 0 saturated carbocycles. The zero-order valence-electron chi connectivity index (χ0n) is 79.8. The van der Waals surface area contributed by atoms with Gasteiger partial charge in [0.05, 0.1) is 114 Å². The Kier molecular flexibility index (Phi) is 35.5. The van der Waals surface area contributed by atoms with Crippen molar-refractivity contribution in [3.8, 4) is 33.8 Å². The number of amidine groups is 2. The fraction of sp³-hybridized carbons (Fsp3) is 0.221. The smallest absolute Gasteiger partial charge is 0.344 e. The van der Waals surface area contributed by atoms with Crippen LogP contribution < -0.4 is 46.3 Å². The maximum atomic E-state index is 11.6. The number of sulfone groups is 7. The number of hydrogen-bond acceptors (Lipinski definition) is 30. The van der Waals surface area contributed by atoms with Gasteiger partial charge in [-0.2, -0.15) is 48.4 Å². The van der Waals surface area contributed by atoms with Crippen molar-refractivity contribution in [3.63, 3.8) is 0 Å². The Labute approximate surface area is 831 Å². The summed E-state index contributed by atoms with van der Waals surface area (Å²) in [5.41, 5.74) is 21.6. The van der Waals surface area contributed by atoms with Crippen molar-refractivity contribution < 1.29 is 119 Å². The molecule has 0 bridgehead atoms. The molecule has 4 aliphatic rings. The predicted octanol–water partition coefficient (Wildman–Crippen LogP) is 9.25. The first-order valence-electron chi connectivity index (χ1n) is 42.9. The van der Waals surface area contributed by atoms with E-state index >= 15 is 0 Å². The third kappa shape index (κ3) is 30.6. The lowest BCUT2D eigenvalue weighted by Crippen LogP contribution is -2.36. The summed E-state index contributed by atoms with van der Waals surface area (Å²) in [4.78, 5) is 70.9. The number of oxazole rings is 1. The number of fused-ring (bicyclic) bond motifs is 1. The van der Waals surface area contributed by atoms with Crippen molar-refractivity contribution in [3.05, 3.63) is 288 Å². The van der Waals surface area contributed by atoms with Gasteiger partial charge in [-0.15, -0.1) is 0 Å². The number of H-pyrrole nitrogens is 1. The van der Waals surface area contributed by atoms with E-state index in [1.807, 2.05) is 87.0 Å². The molecule has 0 aliphatic carbocycles.